The molecule has 4 atom stereocenters. The molecule has 0 unspecified atom stereocenters. The first-order valence-electron chi connectivity index (χ1n) is 8.96. The fourth-order valence-electron chi connectivity index (χ4n) is 4.84. The van der Waals surface area contributed by atoms with E-state index in [1.807, 2.05) is 13.8 Å². The number of aliphatic hydroxyl groups is 2. The maximum atomic E-state index is 12.7. The first-order chi connectivity index (χ1) is 11.8. The number of carbonyl (C=O) groups excluding carboxylic acids is 1. The van der Waals surface area contributed by atoms with Gasteiger partial charge in [-0.25, -0.2) is 0 Å². The normalized spacial score (nSPS) is 32.0. The maximum absolute atomic E-state index is 12.7. The Kier molecular flexibility index (Phi) is 4.24. The van der Waals surface area contributed by atoms with Crippen molar-refractivity contribution in [1.29, 1.82) is 0 Å². The number of hydrogen-bond donors (Lipinski definition) is 4. The summed E-state index contributed by atoms with van der Waals surface area (Å²) in [4.78, 5) is 12.7. The van der Waals surface area contributed by atoms with Crippen molar-refractivity contribution in [2.45, 2.75) is 76.1 Å². The van der Waals surface area contributed by atoms with Crippen LogP contribution in [0.1, 0.15) is 57.6 Å². The highest BCUT2D eigenvalue weighted by Crippen LogP contribution is 2.61. The van der Waals surface area contributed by atoms with Crippen LogP contribution in [0.3, 0.4) is 0 Å². The van der Waals surface area contributed by atoms with Crippen molar-refractivity contribution in [3.63, 3.8) is 0 Å². The molecule has 1 heterocycles. The van der Waals surface area contributed by atoms with Gasteiger partial charge in [-0.1, -0.05) is 20.8 Å². The number of carbonyl (C=O) groups is 1. The van der Waals surface area contributed by atoms with E-state index in [-0.39, 0.29) is 35.9 Å². The fraction of sp³-hybridized carbons (Fsp3) is 0.632. The molecule has 0 aromatic heterocycles. The summed E-state index contributed by atoms with van der Waals surface area (Å²) in [6, 6.07) is 1.19. The van der Waals surface area contributed by atoms with Gasteiger partial charge >= 0.3 is 0 Å². The van der Waals surface area contributed by atoms with Gasteiger partial charge in [-0.3, -0.25) is 4.79 Å². The van der Waals surface area contributed by atoms with Crippen LogP contribution in [0, 0.1) is 0 Å². The molecule has 4 N–H and O–H groups in total. The molecule has 1 fully saturated rings. The number of Topliss-reactive ketones (excluding diaryl/α,β-unsaturated/α-hetero) is 1. The van der Waals surface area contributed by atoms with Crippen LogP contribution >= 0.6 is 0 Å². The largest absolute Gasteiger partial charge is 0.508 e. The molecule has 1 aromatic rings. The monoisotopic (exact) mass is 350 g/mol. The molecular formula is C19H26O6. The smallest absolute Gasteiger partial charge is 0.174 e. The number of fused-ring (bicyclic) bond motifs is 3. The fourth-order valence-corrected chi connectivity index (χ4v) is 4.84. The van der Waals surface area contributed by atoms with Crippen molar-refractivity contribution in [3.05, 3.63) is 17.2 Å². The number of aliphatic hydroxyl groups excluding tert-OH is 1. The van der Waals surface area contributed by atoms with Crippen molar-refractivity contribution in [3.8, 4) is 17.2 Å². The molecule has 3 rings (SSSR count). The van der Waals surface area contributed by atoms with Crippen LogP contribution < -0.4 is 4.74 Å². The van der Waals surface area contributed by atoms with E-state index < -0.39 is 23.2 Å². The Morgan fingerprint density at radius 1 is 1.28 bits per heavy atom. The Hall–Kier alpha value is -1.79. The molecule has 25 heavy (non-hydrogen) atoms. The minimum atomic E-state index is -1.40. The van der Waals surface area contributed by atoms with Gasteiger partial charge in [-0.2, -0.15) is 0 Å². The van der Waals surface area contributed by atoms with Gasteiger partial charge in [0.2, 0.25) is 0 Å². The molecule has 0 radical (unpaired) electrons. The number of rotatable bonds is 4. The lowest BCUT2D eigenvalue weighted by atomic mass is 9.54. The van der Waals surface area contributed by atoms with Crippen molar-refractivity contribution in [1.82, 2.24) is 0 Å². The molecule has 1 saturated carbocycles. The highest BCUT2D eigenvalue weighted by molar-refractivity contribution is 5.90. The van der Waals surface area contributed by atoms with Crippen LogP contribution in [-0.4, -0.2) is 44.0 Å². The molecule has 138 valence electrons. The standard InChI is InChI=1S/C19H26O6/c1-4-10-12(21)9-13(22)16-15(10)19(14(23)5-2)17(25-16)11(20)7-8-18(19,24)6-3/h9,14,17,21-24H,4-8H2,1-3H3/t14-,17+,18+,19+/m1/s1. The second-order valence-corrected chi connectivity index (χ2v) is 7.09. The van der Waals surface area contributed by atoms with E-state index in [9.17, 15) is 25.2 Å². The van der Waals surface area contributed by atoms with Gasteiger partial charge in [0.05, 0.1) is 17.1 Å². The zero-order chi connectivity index (χ0) is 18.6. The Morgan fingerprint density at radius 2 is 1.96 bits per heavy atom. The van der Waals surface area contributed by atoms with Crippen LogP contribution in [0.25, 0.3) is 0 Å². The van der Waals surface area contributed by atoms with Gasteiger partial charge in [0.25, 0.3) is 0 Å². The van der Waals surface area contributed by atoms with Crippen molar-refractivity contribution >= 4 is 5.78 Å². The highest BCUT2D eigenvalue weighted by atomic mass is 16.5. The number of phenols is 2. The van der Waals surface area contributed by atoms with Crippen LogP contribution in [-0.2, 0) is 16.6 Å². The number of aromatic hydroxyl groups is 2. The lowest BCUT2D eigenvalue weighted by Gasteiger charge is -2.52. The topological polar surface area (TPSA) is 107 Å². The Labute approximate surface area is 147 Å². The van der Waals surface area contributed by atoms with E-state index in [1.54, 1.807) is 6.92 Å². The molecule has 0 spiro atoms. The van der Waals surface area contributed by atoms with Crippen LogP contribution in [0.5, 0.6) is 17.2 Å². The number of benzene rings is 1. The van der Waals surface area contributed by atoms with Crippen molar-refractivity contribution in [2.75, 3.05) is 0 Å². The van der Waals surface area contributed by atoms with Crippen LogP contribution in [0.15, 0.2) is 6.07 Å². The average molecular weight is 350 g/mol. The minimum Gasteiger partial charge on any atom is -0.508 e. The van der Waals surface area contributed by atoms with E-state index in [2.05, 4.69) is 0 Å². The zero-order valence-corrected chi connectivity index (χ0v) is 14.9. The third-order valence-electron chi connectivity index (χ3n) is 6.11. The summed E-state index contributed by atoms with van der Waals surface area (Å²) in [5.74, 6) is -0.521. The van der Waals surface area contributed by atoms with Crippen LogP contribution in [0.4, 0.5) is 0 Å². The molecule has 0 saturated heterocycles. The molecule has 1 aliphatic carbocycles. The number of ether oxygens (including phenoxy) is 1. The SMILES string of the molecule is CCc1c(O)cc(O)c2c1[C@@]1([C@H](O)CC)[C@@H](O2)C(=O)CC[C@@]1(O)CC. The summed E-state index contributed by atoms with van der Waals surface area (Å²) in [7, 11) is 0. The van der Waals surface area contributed by atoms with E-state index in [0.717, 1.165) is 0 Å². The predicted octanol–water partition coefficient (Wildman–Crippen LogP) is 1.93. The lowest BCUT2D eigenvalue weighted by molar-refractivity contribution is -0.169. The minimum absolute atomic E-state index is 0.0919. The second-order valence-electron chi connectivity index (χ2n) is 7.09. The van der Waals surface area contributed by atoms with Crippen molar-refractivity contribution in [2.24, 2.45) is 0 Å². The molecule has 1 aliphatic heterocycles. The maximum Gasteiger partial charge on any atom is 0.174 e. The van der Waals surface area contributed by atoms with Gasteiger partial charge in [0.1, 0.15) is 5.75 Å². The Balaban J connectivity index is 2.44. The molecular weight excluding hydrogens is 324 g/mol. The number of phenolic OH excluding ortho intramolecular Hbond substituents is 2. The highest BCUT2D eigenvalue weighted by Gasteiger charge is 2.69. The van der Waals surface area contributed by atoms with Crippen LogP contribution in [0.2, 0.25) is 0 Å². The predicted molar refractivity (Wildman–Crippen MR) is 91.0 cm³/mol. The first kappa shape index (κ1) is 18.0. The second kappa shape index (κ2) is 5.88. The van der Waals surface area contributed by atoms with Gasteiger partial charge in [-0.05, 0) is 25.7 Å². The number of hydrogen-bond acceptors (Lipinski definition) is 6. The third kappa shape index (κ3) is 2.07. The summed E-state index contributed by atoms with van der Waals surface area (Å²) in [5.41, 5.74) is -1.91. The Morgan fingerprint density at radius 3 is 2.52 bits per heavy atom. The third-order valence-corrected chi connectivity index (χ3v) is 6.11. The van der Waals surface area contributed by atoms with Gasteiger partial charge in [-0.15, -0.1) is 0 Å². The molecule has 0 bridgehead atoms. The van der Waals surface area contributed by atoms with Gasteiger partial charge in [0, 0.05) is 23.6 Å². The summed E-state index contributed by atoms with van der Waals surface area (Å²) in [6.45, 7) is 5.42. The summed E-state index contributed by atoms with van der Waals surface area (Å²) in [6.07, 6.45) is -0.747. The zero-order valence-electron chi connectivity index (χ0n) is 14.9. The average Bonchev–Trinajstić information content (AvgIpc) is 2.97. The lowest BCUT2D eigenvalue weighted by Crippen LogP contribution is -2.68. The number of ketones is 1. The first-order valence-corrected chi connectivity index (χ1v) is 8.96. The van der Waals surface area contributed by atoms with E-state index in [0.29, 0.717) is 30.4 Å². The molecule has 6 nitrogen and oxygen atoms in total. The van der Waals surface area contributed by atoms with Crippen molar-refractivity contribution < 1.29 is 30.0 Å². The quantitative estimate of drug-likeness (QED) is 0.661. The summed E-state index contributed by atoms with van der Waals surface area (Å²) < 4.78 is 5.84. The van der Waals surface area contributed by atoms with E-state index in [4.69, 9.17) is 4.74 Å². The molecule has 1 aromatic carbocycles. The Bertz CT molecular complexity index is 714. The summed E-state index contributed by atoms with van der Waals surface area (Å²) in [5, 5.41) is 43.2. The molecule has 6 heteroatoms. The summed E-state index contributed by atoms with van der Waals surface area (Å²) >= 11 is 0. The van der Waals surface area contributed by atoms with E-state index >= 15 is 0 Å². The molecule has 2 aliphatic rings. The van der Waals surface area contributed by atoms with Gasteiger partial charge < -0.3 is 25.2 Å². The molecule has 0 amide bonds. The van der Waals surface area contributed by atoms with Gasteiger partial charge in [0.15, 0.2) is 23.4 Å². The van der Waals surface area contributed by atoms with E-state index in [1.165, 1.54) is 6.07 Å².